The molecule has 40 heavy (non-hydrogen) atoms. The molecule has 218 valence electrons. The Labute approximate surface area is 233 Å². The lowest BCUT2D eigenvalue weighted by Crippen LogP contribution is -2.49. The third-order valence-corrected chi connectivity index (χ3v) is 8.46. The van der Waals surface area contributed by atoms with Gasteiger partial charge in [0.2, 0.25) is 11.8 Å². The molecule has 4 heterocycles. The second-order valence-corrected chi connectivity index (χ2v) is 12.5. The fourth-order valence-electron chi connectivity index (χ4n) is 6.07. The highest BCUT2D eigenvalue weighted by Crippen LogP contribution is 2.33. The van der Waals surface area contributed by atoms with Crippen LogP contribution in [0.15, 0.2) is 27.4 Å². The molecule has 0 spiro atoms. The van der Waals surface area contributed by atoms with Crippen molar-refractivity contribution in [3.05, 3.63) is 34.3 Å². The summed E-state index contributed by atoms with van der Waals surface area (Å²) in [6.45, 7) is 9.17. The minimum Gasteiger partial charge on any atom is -0.444 e. The van der Waals surface area contributed by atoms with Gasteiger partial charge in [-0.15, -0.1) is 0 Å². The summed E-state index contributed by atoms with van der Waals surface area (Å²) in [5.41, 5.74) is 0.816. The minimum absolute atomic E-state index is 0.189. The molecule has 3 aliphatic heterocycles. The molecule has 0 bridgehead atoms. The lowest BCUT2D eigenvalue weighted by Gasteiger charge is -2.40. The Bertz CT molecular complexity index is 1320. The van der Waals surface area contributed by atoms with E-state index in [-0.39, 0.29) is 24.8 Å². The van der Waals surface area contributed by atoms with E-state index in [2.05, 4.69) is 10.2 Å². The molecule has 3 fully saturated rings. The van der Waals surface area contributed by atoms with Gasteiger partial charge >= 0.3 is 11.8 Å². The number of piperidine rings is 3. The van der Waals surface area contributed by atoms with Gasteiger partial charge in [-0.25, -0.2) is 9.59 Å². The molecule has 0 saturated carbocycles. The van der Waals surface area contributed by atoms with Crippen LogP contribution in [-0.2, 0) is 14.3 Å². The molecule has 1 aromatic carbocycles. The van der Waals surface area contributed by atoms with E-state index in [0.29, 0.717) is 49.4 Å². The van der Waals surface area contributed by atoms with E-state index in [9.17, 15) is 24.3 Å². The van der Waals surface area contributed by atoms with Crippen molar-refractivity contribution in [3.63, 3.8) is 0 Å². The number of benzene rings is 1. The number of nitrogens with one attached hydrogen (secondary N) is 1. The predicted molar refractivity (Wildman–Crippen MR) is 147 cm³/mol. The van der Waals surface area contributed by atoms with Crippen LogP contribution in [0.1, 0.15) is 83.2 Å². The Morgan fingerprint density at radius 1 is 1.10 bits per heavy atom. The van der Waals surface area contributed by atoms with Gasteiger partial charge in [-0.05, 0) is 96.0 Å². The topological polar surface area (TPSA) is 134 Å². The summed E-state index contributed by atoms with van der Waals surface area (Å²) in [6, 6.07) is 4.99. The number of ether oxygens (including phenoxy) is 1. The van der Waals surface area contributed by atoms with E-state index >= 15 is 0 Å². The SMILES string of the molecule is CC(C)(C)OC(=O)N1CCC(O)(CCN2CCC(c3ccc4c(c3)oc(=O)n4C3CCC(=O)NC3=O)CC2)CC1. The van der Waals surface area contributed by atoms with Gasteiger partial charge < -0.3 is 24.1 Å². The van der Waals surface area contributed by atoms with E-state index in [1.54, 1.807) is 4.90 Å². The molecule has 11 heteroatoms. The first-order chi connectivity index (χ1) is 18.9. The number of hydrogen-bond acceptors (Lipinski definition) is 8. The van der Waals surface area contributed by atoms with Gasteiger partial charge in [0.15, 0.2) is 5.58 Å². The first kappa shape index (κ1) is 28.4. The molecule has 3 saturated heterocycles. The third kappa shape index (κ3) is 6.25. The number of aromatic nitrogens is 1. The zero-order valence-corrected chi connectivity index (χ0v) is 23.6. The number of amides is 3. The Balaban J connectivity index is 1.13. The number of nitrogens with zero attached hydrogens (tertiary/aromatic N) is 3. The molecule has 0 aliphatic carbocycles. The maximum Gasteiger partial charge on any atom is 0.420 e. The van der Waals surface area contributed by atoms with Crippen molar-refractivity contribution in [1.29, 1.82) is 0 Å². The Hall–Kier alpha value is -3.18. The largest absolute Gasteiger partial charge is 0.444 e. The summed E-state index contributed by atoms with van der Waals surface area (Å²) in [5.74, 6) is -1.07. The highest BCUT2D eigenvalue weighted by atomic mass is 16.6. The number of carbonyl (C=O) groups is 3. The van der Waals surface area contributed by atoms with Crippen molar-refractivity contribution in [2.75, 3.05) is 32.7 Å². The van der Waals surface area contributed by atoms with Gasteiger partial charge in [-0.1, -0.05) is 6.07 Å². The molecule has 1 unspecified atom stereocenters. The van der Waals surface area contributed by atoms with Crippen LogP contribution in [0.4, 0.5) is 4.79 Å². The van der Waals surface area contributed by atoms with Crippen molar-refractivity contribution in [3.8, 4) is 0 Å². The number of rotatable bonds is 5. The summed E-state index contributed by atoms with van der Waals surface area (Å²) < 4.78 is 12.3. The quantitative estimate of drug-likeness (QED) is 0.537. The fourth-order valence-corrected chi connectivity index (χ4v) is 6.07. The Morgan fingerprint density at radius 2 is 1.80 bits per heavy atom. The molecular formula is C29H40N4O7. The number of oxazole rings is 1. The maximum atomic E-state index is 12.6. The number of aliphatic hydroxyl groups is 1. The molecule has 2 N–H and O–H groups in total. The first-order valence-electron chi connectivity index (χ1n) is 14.3. The van der Waals surface area contributed by atoms with Gasteiger partial charge in [0.1, 0.15) is 11.6 Å². The normalized spacial score (nSPS) is 22.9. The van der Waals surface area contributed by atoms with E-state index in [4.69, 9.17) is 9.15 Å². The van der Waals surface area contributed by atoms with E-state index in [1.807, 2.05) is 39.0 Å². The van der Waals surface area contributed by atoms with Crippen molar-refractivity contribution < 1.29 is 28.6 Å². The second kappa shape index (κ2) is 11.0. The summed E-state index contributed by atoms with van der Waals surface area (Å²) >= 11 is 0. The monoisotopic (exact) mass is 556 g/mol. The van der Waals surface area contributed by atoms with Crippen LogP contribution in [0.3, 0.4) is 0 Å². The number of imide groups is 1. The Kier molecular flexibility index (Phi) is 7.80. The molecule has 3 amide bonds. The number of fused-ring (bicyclic) bond motifs is 1. The van der Waals surface area contributed by atoms with E-state index in [0.717, 1.165) is 38.0 Å². The van der Waals surface area contributed by atoms with Crippen LogP contribution in [0.2, 0.25) is 0 Å². The van der Waals surface area contributed by atoms with Crippen molar-refractivity contribution in [2.45, 2.75) is 88.9 Å². The summed E-state index contributed by atoms with van der Waals surface area (Å²) in [5, 5.41) is 13.4. The average Bonchev–Trinajstić information content (AvgIpc) is 3.22. The molecule has 0 radical (unpaired) electrons. The smallest absolute Gasteiger partial charge is 0.420 e. The second-order valence-electron chi connectivity index (χ2n) is 12.5. The molecule has 3 aliphatic rings. The molecule has 5 rings (SSSR count). The Morgan fingerprint density at radius 3 is 2.45 bits per heavy atom. The van der Waals surface area contributed by atoms with Crippen LogP contribution in [0, 0.1) is 0 Å². The van der Waals surface area contributed by atoms with Gasteiger partial charge in [-0.3, -0.25) is 19.5 Å². The van der Waals surface area contributed by atoms with Crippen LogP contribution in [0.5, 0.6) is 0 Å². The lowest BCUT2D eigenvalue weighted by molar-refractivity contribution is -0.135. The van der Waals surface area contributed by atoms with Crippen molar-refractivity contribution in [2.24, 2.45) is 0 Å². The summed E-state index contributed by atoms with van der Waals surface area (Å²) in [4.78, 5) is 52.8. The van der Waals surface area contributed by atoms with Gasteiger partial charge in [0, 0.05) is 26.1 Å². The summed E-state index contributed by atoms with van der Waals surface area (Å²) in [7, 11) is 0. The van der Waals surface area contributed by atoms with Gasteiger partial charge in [0.25, 0.3) is 0 Å². The average molecular weight is 557 g/mol. The molecular weight excluding hydrogens is 516 g/mol. The number of likely N-dealkylation sites (tertiary alicyclic amines) is 2. The molecule has 1 aromatic heterocycles. The van der Waals surface area contributed by atoms with Gasteiger partial charge in [0.05, 0.1) is 11.1 Å². The zero-order chi connectivity index (χ0) is 28.7. The lowest BCUT2D eigenvalue weighted by atomic mass is 9.86. The van der Waals surface area contributed by atoms with Crippen molar-refractivity contribution in [1.82, 2.24) is 19.7 Å². The van der Waals surface area contributed by atoms with Crippen LogP contribution >= 0.6 is 0 Å². The molecule has 2 aromatic rings. The minimum atomic E-state index is -0.770. The van der Waals surface area contributed by atoms with Gasteiger partial charge in [-0.2, -0.15) is 0 Å². The maximum absolute atomic E-state index is 12.6. The fraction of sp³-hybridized carbons (Fsp3) is 0.655. The number of carbonyl (C=O) groups excluding carboxylic acids is 3. The highest BCUT2D eigenvalue weighted by molar-refractivity contribution is 6.00. The van der Waals surface area contributed by atoms with Crippen LogP contribution in [-0.4, -0.2) is 81.3 Å². The zero-order valence-electron chi connectivity index (χ0n) is 23.6. The molecule has 1 atom stereocenters. The van der Waals surface area contributed by atoms with Crippen molar-refractivity contribution >= 4 is 29.0 Å². The first-order valence-corrected chi connectivity index (χ1v) is 14.3. The third-order valence-electron chi connectivity index (χ3n) is 8.46. The predicted octanol–water partition coefficient (Wildman–Crippen LogP) is 2.90. The van der Waals surface area contributed by atoms with E-state index in [1.165, 1.54) is 4.57 Å². The van der Waals surface area contributed by atoms with E-state index < -0.39 is 28.9 Å². The number of hydrogen-bond donors (Lipinski definition) is 2. The molecule has 11 nitrogen and oxygen atoms in total. The van der Waals surface area contributed by atoms with Crippen LogP contribution in [0.25, 0.3) is 11.1 Å². The summed E-state index contributed by atoms with van der Waals surface area (Å²) in [6.07, 6.45) is 3.82. The van der Waals surface area contributed by atoms with Crippen LogP contribution < -0.4 is 11.1 Å². The standard InChI is InChI=1S/C29H40N4O7/c1-28(2,3)40-26(36)32-16-11-29(38,12-17-32)10-15-31-13-8-19(9-14-31)20-4-5-21-23(18-20)39-27(37)33(21)22-6-7-24(34)30-25(22)35/h4-5,18-19,22,38H,6-17H2,1-3H3,(H,30,34,35). The highest BCUT2D eigenvalue weighted by Gasteiger charge is 2.36.